The fraction of sp³-hybridized carbons (Fsp3) is 0.600. The van der Waals surface area contributed by atoms with E-state index in [2.05, 4.69) is 19.8 Å². The summed E-state index contributed by atoms with van der Waals surface area (Å²) >= 11 is 6.09. The first-order valence-corrected chi connectivity index (χ1v) is 10.3. The normalized spacial score (nSPS) is 26.2. The maximum absolute atomic E-state index is 13.5. The van der Waals surface area contributed by atoms with Crippen molar-refractivity contribution in [1.82, 2.24) is 19.8 Å². The van der Waals surface area contributed by atoms with E-state index in [9.17, 15) is 9.18 Å². The zero-order valence-electron chi connectivity index (χ0n) is 15.9. The summed E-state index contributed by atoms with van der Waals surface area (Å²) < 4.78 is 19.0. The lowest BCUT2D eigenvalue weighted by molar-refractivity contribution is -0.152. The molecule has 150 valence electrons. The van der Waals surface area contributed by atoms with Gasteiger partial charge >= 0.3 is 5.97 Å². The molecule has 1 aromatic heterocycles. The molecule has 2 aromatic rings. The molecule has 2 bridgehead atoms. The second-order valence-corrected chi connectivity index (χ2v) is 9.05. The summed E-state index contributed by atoms with van der Waals surface area (Å²) in [5.41, 5.74) is 1.04. The number of rotatable bonds is 6. The molecule has 3 aliphatic heterocycles. The van der Waals surface area contributed by atoms with Gasteiger partial charge in [-0.2, -0.15) is 0 Å². The number of aromatic nitrogens is 2. The predicted octanol–water partition coefficient (Wildman–Crippen LogP) is 2.96. The van der Waals surface area contributed by atoms with Gasteiger partial charge in [-0.15, -0.1) is 0 Å². The number of hydrogen-bond donors (Lipinski definition) is 1. The van der Waals surface area contributed by atoms with Gasteiger partial charge in [0.25, 0.3) is 0 Å². The largest absolute Gasteiger partial charge is 0.464 e. The first-order chi connectivity index (χ1) is 13.4. The number of H-pyrrole nitrogens is 1. The van der Waals surface area contributed by atoms with Gasteiger partial charge in [0.05, 0.1) is 22.5 Å². The Hall–Kier alpha value is -1.70. The van der Waals surface area contributed by atoms with Gasteiger partial charge in [-0.1, -0.05) is 11.6 Å². The van der Waals surface area contributed by atoms with Crippen molar-refractivity contribution in [2.45, 2.75) is 44.8 Å². The molecule has 2 atom stereocenters. The Morgan fingerprint density at radius 1 is 1.39 bits per heavy atom. The van der Waals surface area contributed by atoms with Crippen molar-refractivity contribution in [2.24, 2.45) is 5.41 Å². The van der Waals surface area contributed by atoms with E-state index in [1.807, 2.05) is 6.92 Å². The molecule has 1 aromatic carbocycles. The quantitative estimate of drug-likeness (QED) is 0.747. The van der Waals surface area contributed by atoms with Crippen LogP contribution in [-0.4, -0.2) is 64.1 Å². The first kappa shape index (κ1) is 18.3. The molecular weight excluding hydrogens is 383 g/mol. The molecule has 0 radical (unpaired) electrons. The molecule has 0 amide bonds. The zero-order valence-corrected chi connectivity index (χ0v) is 16.6. The lowest BCUT2D eigenvalue weighted by Gasteiger charge is -2.56. The van der Waals surface area contributed by atoms with Gasteiger partial charge in [0.1, 0.15) is 23.8 Å². The van der Waals surface area contributed by atoms with E-state index < -0.39 is 0 Å². The van der Waals surface area contributed by atoms with Crippen LogP contribution in [0.2, 0.25) is 5.02 Å². The van der Waals surface area contributed by atoms with Crippen molar-refractivity contribution in [2.75, 3.05) is 26.2 Å². The number of ether oxygens (including phenoxy) is 1. The molecule has 4 fully saturated rings. The van der Waals surface area contributed by atoms with Crippen LogP contribution in [0, 0.1) is 11.2 Å². The number of carbonyl (C=O) groups excluding carboxylic acids is 1. The van der Waals surface area contributed by atoms with Crippen LogP contribution >= 0.6 is 11.6 Å². The minimum atomic E-state index is -0.362. The lowest BCUT2D eigenvalue weighted by atomic mass is 9.87. The fourth-order valence-corrected chi connectivity index (χ4v) is 4.71. The van der Waals surface area contributed by atoms with Crippen molar-refractivity contribution in [3.63, 3.8) is 0 Å². The Bertz CT molecular complexity index is 916. The Morgan fingerprint density at radius 3 is 2.86 bits per heavy atom. The minimum Gasteiger partial charge on any atom is -0.464 e. The minimum absolute atomic E-state index is 0.0419. The third-order valence-electron chi connectivity index (χ3n) is 6.42. The predicted molar refractivity (Wildman–Crippen MR) is 104 cm³/mol. The van der Waals surface area contributed by atoms with Crippen molar-refractivity contribution in [1.29, 1.82) is 0 Å². The Labute approximate surface area is 168 Å². The highest BCUT2D eigenvalue weighted by molar-refractivity contribution is 6.34. The van der Waals surface area contributed by atoms with Gasteiger partial charge in [-0.3, -0.25) is 14.6 Å². The van der Waals surface area contributed by atoms with Crippen LogP contribution in [0.15, 0.2) is 12.1 Å². The molecule has 1 N–H and O–H groups in total. The summed E-state index contributed by atoms with van der Waals surface area (Å²) in [5, 5.41) is 0.333. The van der Waals surface area contributed by atoms with Crippen LogP contribution in [0.1, 0.15) is 32.0 Å². The number of imidazole rings is 1. The number of benzene rings is 1. The number of esters is 1. The molecule has 0 spiro atoms. The molecule has 28 heavy (non-hydrogen) atoms. The first-order valence-electron chi connectivity index (χ1n) is 9.90. The summed E-state index contributed by atoms with van der Waals surface area (Å²) in [7, 11) is 0. The maximum Gasteiger partial charge on any atom is 0.311 e. The van der Waals surface area contributed by atoms with Gasteiger partial charge in [0, 0.05) is 31.7 Å². The smallest absolute Gasteiger partial charge is 0.311 e. The molecule has 4 heterocycles. The molecular formula is C20H24ClFN4O2. The summed E-state index contributed by atoms with van der Waals surface area (Å²) in [6, 6.07) is 3.72. The maximum atomic E-state index is 13.5. The molecule has 4 aliphatic rings. The molecule has 1 saturated carbocycles. The van der Waals surface area contributed by atoms with Gasteiger partial charge in [0.2, 0.25) is 0 Å². The van der Waals surface area contributed by atoms with E-state index in [1.54, 1.807) is 0 Å². The van der Waals surface area contributed by atoms with Gasteiger partial charge < -0.3 is 9.72 Å². The average molecular weight is 407 g/mol. The number of piperazine rings is 1. The molecule has 6 nitrogen and oxygen atoms in total. The number of halogens is 2. The highest BCUT2D eigenvalue weighted by atomic mass is 35.5. The zero-order chi connectivity index (χ0) is 19.5. The Balaban J connectivity index is 1.14. The number of nitrogens with zero attached hydrogens (tertiary/aromatic N) is 3. The Kier molecular flexibility index (Phi) is 4.37. The van der Waals surface area contributed by atoms with Crippen molar-refractivity contribution < 1.29 is 13.9 Å². The third-order valence-corrected chi connectivity index (χ3v) is 6.71. The second-order valence-electron chi connectivity index (χ2n) is 8.64. The summed E-state index contributed by atoms with van der Waals surface area (Å²) in [6.45, 7) is 5.88. The van der Waals surface area contributed by atoms with E-state index in [0.29, 0.717) is 41.3 Å². The van der Waals surface area contributed by atoms with Crippen molar-refractivity contribution in [3.8, 4) is 0 Å². The molecule has 1 aliphatic carbocycles. The Morgan fingerprint density at radius 2 is 2.14 bits per heavy atom. The van der Waals surface area contributed by atoms with Crippen LogP contribution in [0.4, 0.5) is 4.39 Å². The summed E-state index contributed by atoms with van der Waals surface area (Å²) in [5.74, 6) is 0.403. The number of hydrogen-bond acceptors (Lipinski definition) is 5. The van der Waals surface area contributed by atoms with E-state index in [-0.39, 0.29) is 17.2 Å². The summed E-state index contributed by atoms with van der Waals surface area (Å²) in [4.78, 5) is 24.5. The van der Waals surface area contributed by atoms with Crippen LogP contribution in [0.3, 0.4) is 0 Å². The van der Waals surface area contributed by atoms with Gasteiger partial charge in [0.15, 0.2) is 0 Å². The van der Waals surface area contributed by atoms with Crippen molar-refractivity contribution in [3.05, 3.63) is 28.8 Å². The topological polar surface area (TPSA) is 61.5 Å². The number of piperidine rings is 1. The average Bonchev–Trinajstić information content (AvgIpc) is 3.27. The second kappa shape index (κ2) is 6.68. The third kappa shape index (κ3) is 3.29. The van der Waals surface area contributed by atoms with Crippen LogP contribution in [0.5, 0.6) is 0 Å². The van der Waals surface area contributed by atoms with Gasteiger partial charge in [-0.05, 0) is 38.3 Å². The van der Waals surface area contributed by atoms with Crippen molar-refractivity contribution >= 4 is 28.6 Å². The molecule has 2 unspecified atom stereocenters. The van der Waals surface area contributed by atoms with E-state index in [1.165, 1.54) is 18.6 Å². The molecule has 3 saturated heterocycles. The standard InChI is InChI=1S/C20H24ClFN4O2/c1-20(2-3-20)19(27)28-5-4-26-13-8-14(26)10-25(9-13)11-17-23-16-7-12(22)6-15(21)18(16)24-17/h6-7,13-14H,2-5,8-11H2,1H3,(H,23,24). The summed E-state index contributed by atoms with van der Waals surface area (Å²) in [6.07, 6.45) is 3.10. The number of fused-ring (bicyclic) bond motifs is 3. The van der Waals surface area contributed by atoms with Gasteiger partial charge in [-0.25, -0.2) is 9.37 Å². The highest BCUT2D eigenvalue weighted by Crippen LogP contribution is 2.46. The monoisotopic (exact) mass is 406 g/mol. The van der Waals surface area contributed by atoms with Crippen LogP contribution < -0.4 is 0 Å². The van der Waals surface area contributed by atoms with Crippen LogP contribution in [-0.2, 0) is 16.1 Å². The lowest BCUT2D eigenvalue weighted by Crippen LogP contribution is -2.68. The SMILES string of the molecule is CC1(C(=O)OCCN2C3CC2CN(Cc2nc4c(Cl)cc(F)cc4[nH]2)C3)CC1. The number of carbonyl (C=O) groups is 1. The van der Waals surface area contributed by atoms with E-state index in [0.717, 1.165) is 38.3 Å². The fourth-order valence-electron chi connectivity index (χ4n) is 4.46. The molecule has 8 heteroatoms. The molecule has 6 rings (SSSR count). The van der Waals surface area contributed by atoms with E-state index in [4.69, 9.17) is 16.3 Å². The van der Waals surface area contributed by atoms with Crippen LogP contribution in [0.25, 0.3) is 11.0 Å². The highest BCUT2D eigenvalue weighted by Gasteiger charge is 2.47. The number of nitrogens with one attached hydrogen (secondary N) is 1. The number of aromatic amines is 1. The van der Waals surface area contributed by atoms with E-state index >= 15 is 0 Å².